The summed E-state index contributed by atoms with van der Waals surface area (Å²) in [4.78, 5) is 15.9. The Labute approximate surface area is 108 Å². The van der Waals surface area contributed by atoms with Crippen molar-refractivity contribution in [2.75, 3.05) is 13.9 Å². The van der Waals surface area contributed by atoms with Crippen molar-refractivity contribution >= 4 is 5.78 Å². The third-order valence-electron chi connectivity index (χ3n) is 2.35. The van der Waals surface area contributed by atoms with Crippen LogP contribution in [0.3, 0.4) is 0 Å². The third kappa shape index (κ3) is 4.45. The second-order valence-corrected chi connectivity index (χ2v) is 5.52. The number of aromatic nitrogens is 1. The molecule has 1 aromatic heterocycles. The smallest absolute Gasteiger partial charge is 0.188 e. The van der Waals surface area contributed by atoms with Crippen LogP contribution in [0.15, 0.2) is 12.3 Å². The number of ether oxygens (including phenoxy) is 2. The lowest BCUT2D eigenvalue weighted by atomic mass is 9.90. The summed E-state index contributed by atoms with van der Waals surface area (Å²) in [6.07, 6.45) is 2.41. The standard InChI is InChI=1S/C14H21NO3/c1-10(16)12-6-11(7-14(2,3)4)15-8-13(12)18-9-17-5/h6,8H,7,9H2,1-5H3. The molecule has 0 aromatic carbocycles. The van der Waals surface area contributed by atoms with Gasteiger partial charge in [-0.3, -0.25) is 9.78 Å². The second-order valence-electron chi connectivity index (χ2n) is 5.52. The molecule has 1 rings (SSSR count). The summed E-state index contributed by atoms with van der Waals surface area (Å²) < 4.78 is 10.2. The van der Waals surface area contributed by atoms with E-state index in [0.717, 1.165) is 12.1 Å². The fourth-order valence-corrected chi connectivity index (χ4v) is 1.64. The van der Waals surface area contributed by atoms with Crippen molar-refractivity contribution in [1.29, 1.82) is 0 Å². The van der Waals surface area contributed by atoms with E-state index in [4.69, 9.17) is 9.47 Å². The molecule has 0 N–H and O–H groups in total. The first-order valence-corrected chi connectivity index (χ1v) is 5.95. The van der Waals surface area contributed by atoms with Gasteiger partial charge in [-0.05, 0) is 24.8 Å². The molecule has 0 spiro atoms. The zero-order chi connectivity index (χ0) is 13.8. The number of hydrogen-bond acceptors (Lipinski definition) is 4. The van der Waals surface area contributed by atoms with Crippen molar-refractivity contribution in [2.45, 2.75) is 34.1 Å². The highest BCUT2D eigenvalue weighted by Gasteiger charge is 2.16. The van der Waals surface area contributed by atoms with Crippen LogP contribution in [0.4, 0.5) is 0 Å². The Bertz CT molecular complexity index is 422. The molecule has 1 aromatic rings. The fraction of sp³-hybridized carbons (Fsp3) is 0.571. The topological polar surface area (TPSA) is 48.4 Å². The van der Waals surface area contributed by atoms with Gasteiger partial charge in [-0.1, -0.05) is 20.8 Å². The summed E-state index contributed by atoms with van der Waals surface area (Å²) in [5.41, 5.74) is 1.59. The van der Waals surface area contributed by atoms with E-state index in [0.29, 0.717) is 11.3 Å². The molecule has 0 saturated heterocycles. The minimum Gasteiger partial charge on any atom is -0.465 e. The largest absolute Gasteiger partial charge is 0.465 e. The normalized spacial score (nSPS) is 11.4. The molecule has 4 heteroatoms. The van der Waals surface area contributed by atoms with Crippen molar-refractivity contribution in [2.24, 2.45) is 5.41 Å². The summed E-state index contributed by atoms with van der Waals surface area (Å²) >= 11 is 0. The highest BCUT2D eigenvalue weighted by atomic mass is 16.7. The van der Waals surface area contributed by atoms with Gasteiger partial charge in [0.1, 0.15) is 0 Å². The molecule has 0 bridgehead atoms. The summed E-state index contributed by atoms with van der Waals surface area (Å²) in [5, 5.41) is 0. The van der Waals surface area contributed by atoms with Crippen molar-refractivity contribution in [3.05, 3.63) is 23.5 Å². The van der Waals surface area contributed by atoms with Gasteiger partial charge in [-0.25, -0.2) is 0 Å². The first kappa shape index (κ1) is 14.6. The summed E-state index contributed by atoms with van der Waals surface area (Å²) in [6.45, 7) is 8.04. The Balaban J connectivity index is 2.99. The number of rotatable bonds is 5. The molecule has 0 saturated carbocycles. The van der Waals surface area contributed by atoms with E-state index in [-0.39, 0.29) is 18.0 Å². The first-order valence-electron chi connectivity index (χ1n) is 5.95. The van der Waals surface area contributed by atoms with Gasteiger partial charge >= 0.3 is 0 Å². The zero-order valence-corrected chi connectivity index (χ0v) is 11.7. The summed E-state index contributed by atoms with van der Waals surface area (Å²) in [6, 6.07) is 1.80. The van der Waals surface area contributed by atoms with Crippen LogP contribution in [0.2, 0.25) is 0 Å². The first-order chi connectivity index (χ1) is 8.33. The number of methoxy groups -OCH3 is 1. The number of Topliss-reactive ketones (excluding diaryl/α,β-unsaturated/α-hetero) is 1. The lowest BCUT2D eigenvalue weighted by Gasteiger charge is -2.18. The third-order valence-corrected chi connectivity index (χ3v) is 2.35. The molecule has 0 atom stereocenters. The molecule has 18 heavy (non-hydrogen) atoms. The van der Waals surface area contributed by atoms with Gasteiger partial charge in [-0.15, -0.1) is 0 Å². The van der Waals surface area contributed by atoms with Gasteiger partial charge in [0.2, 0.25) is 0 Å². The Morgan fingerprint density at radius 1 is 1.39 bits per heavy atom. The molecule has 0 radical (unpaired) electrons. The van der Waals surface area contributed by atoms with Crippen LogP contribution in [-0.2, 0) is 11.2 Å². The highest BCUT2D eigenvalue weighted by Crippen LogP contribution is 2.24. The molecule has 0 unspecified atom stereocenters. The van der Waals surface area contributed by atoms with Crippen molar-refractivity contribution in [1.82, 2.24) is 4.98 Å². The Morgan fingerprint density at radius 3 is 2.56 bits per heavy atom. The lowest BCUT2D eigenvalue weighted by Crippen LogP contribution is -2.12. The predicted molar refractivity (Wildman–Crippen MR) is 69.9 cm³/mol. The van der Waals surface area contributed by atoms with Crippen LogP contribution in [0.1, 0.15) is 43.7 Å². The molecular formula is C14H21NO3. The molecule has 0 aliphatic heterocycles. The van der Waals surface area contributed by atoms with Crippen LogP contribution in [0.25, 0.3) is 0 Å². The van der Waals surface area contributed by atoms with Crippen LogP contribution >= 0.6 is 0 Å². The van der Waals surface area contributed by atoms with Crippen LogP contribution in [0, 0.1) is 5.41 Å². The molecule has 0 fully saturated rings. The number of ketones is 1. The Kier molecular flexibility index (Phi) is 4.84. The average Bonchev–Trinajstić information content (AvgIpc) is 2.25. The van der Waals surface area contributed by atoms with Gasteiger partial charge in [0, 0.05) is 12.8 Å². The number of nitrogens with zero attached hydrogens (tertiary/aromatic N) is 1. The second kappa shape index (κ2) is 5.96. The van der Waals surface area contributed by atoms with Crippen molar-refractivity contribution < 1.29 is 14.3 Å². The fourth-order valence-electron chi connectivity index (χ4n) is 1.64. The SMILES string of the molecule is COCOc1cnc(CC(C)(C)C)cc1C(C)=O. The maximum atomic E-state index is 11.6. The maximum Gasteiger partial charge on any atom is 0.188 e. The van der Waals surface area contributed by atoms with Crippen molar-refractivity contribution in [3.8, 4) is 5.75 Å². The monoisotopic (exact) mass is 251 g/mol. The summed E-state index contributed by atoms with van der Waals surface area (Å²) in [7, 11) is 1.54. The minimum absolute atomic E-state index is 0.0290. The molecule has 1 heterocycles. The van der Waals surface area contributed by atoms with Gasteiger partial charge in [0.25, 0.3) is 0 Å². The predicted octanol–water partition coefficient (Wildman–Crippen LogP) is 2.86. The number of carbonyl (C=O) groups is 1. The van der Waals surface area contributed by atoms with Gasteiger partial charge in [0.15, 0.2) is 18.3 Å². The number of carbonyl (C=O) groups excluding carboxylic acids is 1. The Hall–Kier alpha value is -1.42. The van der Waals surface area contributed by atoms with Gasteiger partial charge in [0.05, 0.1) is 11.8 Å². The lowest BCUT2D eigenvalue weighted by molar-refractivity contribution is 0.0500. The van der Waals surface area contributed by atoms with E-state index in [1.54, 1.807) is 12.3 Å². The number of pyridine rings is 1. The molecular weight excluding hydrogens is 230 g/mol. The zero-order valence-electron chi connectivity index (χ0n) is 11.7. The van der Waals surface area contributed by atoms with E-state index in [2.05, 4.69) is 25.8 Å². The van der Waals surface area contributed by atoms with Crippen LogP contribution in [-0.4, -0.2) is 24.7 Å². The maximum absolute atomic E-state index is 11.6. The van der Waals surface area contributed by atoms with E-state index in [1.807, 2.05) is 0 Å². The average molecular weight is 251 g/mol. The van der Waals surface area contributed by atoms with E-state index in [9.17, 15) is 4.79 Å². The quantitative estimate of drug-likeness (QED) is 0.596. The molecule has 0 amide bonds. The summed E-state index contributed by atoms with van der Waals surface area (Å²) in [5.74, 6) is 0.445. The highest BCUT2D eigenvalue weighted by molar-refractivity contribution is 5.96. The van der Waals surface area contributed by atoms with Crippen LogP contribution < -0.4 is 4.74 Å². The van der Waals surface area contributed by atoms with Gasteiger partial charge in [-0.2, -0.15) is 0 Å². The van der Waals surface area contributed by atoms with E-state index in [1.165, 1.54) is 14.0 Å². The Morgan fingerprint density at radius 2 is 2.06 bits per heavy atom. The van der Waals surface area contributed by atoms with E-state index < -0.39 is 0 Å². The minimum atomic E-state index is -0.0290. The molecule has 100 valence electrons. The van der Waals surface area contributed by atoms with Crippen molar-refractivity contribution in [3.63, 3.8) is 0 Å². The van der Waals surface area contributed by atoms with Gasteiger partial charge < -0.3 is 9.47 Å². The van der Waals surface area contributed by atoms with E-state index >= 15 is 0 Å². The molecule has 4 nitrogen and oxygen atoms in total. The van der Waals surface area contributed by atoms with Crippen LogP contribution in [0.5, 0.6) is 5.75 Å². The number of hydrogen-bond donors (Lipinski definition) is 0. The molecule has 0 aliphatic rings. The molecule has 0 aliphatic carbocycles.